The molecule has 0 unspecified atom stereocenters. The number of hydrogen-bond acceptors (Lipinski definition) is 3. The summed E-state index contributed by atoms with van der Waals surface area (Å²) in [5.74, 6) is 0.831. The summed E-state index contributed by atoms with van der Waals surface area (Å²) < 4.78 is 5.13. The van der Waals surface area contributed by atoms with Crippen molar-refractivity contribution in [2.24, 2.45) is 0 Å². The van der Waals surface area contributed by atoms with E-state index in [1.54, 1.807) is 13.3 Å². The van der Waals surface area contributed by atoms with Crippen LogP contribution in [0.5, 0.6) is 5.75 Å². The maximum atomic E-state index is 8.96. The second kappa shape index (κ2) is 5.83. The second-order valence-corrected chi connectivity index (χ2v) is 3.94. The third-order valence-electron chi connectivity index (χ3n) is 2.86. The number of nitrogens with zero attached hydrogens (tertiary/aromatic N) is 2. The Bertz CT molecular complexity index is 529. The molecular formula is C15H14N2O. The molecule has 1 heterocycles. The van der Waals surface area contributed by atoms with Crippen LogP contribution in [0.1, 0.15) is 23.6 Å². The average molecular weight is 238 g/mol. The molecule has 0 N–H and O–H groups in total. The number of nitriles is 1. The van der Waals surface area contributed by atoms with Gasteiger partial charge in [0.05, 0.1) is 13.2 Å². The van der Waals surface area contributed by atoms with Gasteiger partial charge in [-0.2, -0.15) is 5.26 Å². The summed E-state index contributed by atoms with van der Waals surface area (Å²) in [6.45, 7) is 0. The van der Waals surface area contributed by atoms with Gasteiger partial charge in [0.25, 0.3) is 0 Å². The third kappa shape index (κ3) is 2.67. The molecule has 0 aliphatic rings. The minimum atomic E-state index is 0.0158. The molecule has 90 valence electrons. The van der Waals surface area contributed by atoms with E-state index in [2.05, 4.69) is 11.1 Å². The van der Waals surface area contributed by atoms with E-state index in [0.717, 1.165) is 17.0 Å². The van der Waals surface area contributed by atoms with Crippen LogP contribution in [0, 0.1) is 11.3 Å². The van der Waals surface area contributed by atoms with Crippen LogP contribution in [-0.2, 0) is 0 Å². The number of pyridine rings is 1. The van der Waals surface area contributed by atoms with Crippen LogP contribution in [0.2, 0.25) is 0 Å². The lowest BCUT2D eigenvalue weighted by Crippen LogP contribution is -2.02. The predicted octanol–water partition coefficient (Wildman–Crippen LogP) is 3.14. The molecule has 0 spiro atoms. The first-order chi connectivity index (χ1) is 8.85. The summed E-state index contributed by atoms with van der Waals surface area (Å²) in [5.41, 5.74) is 2.00. The summed E-state index contributed by atoms with van der Waals surface area (Å²) in [6.07, 6.45) is 2.17. The van der Waals surface area contributed by atoms with Gasteiger partial charge < -0.3 is 4.74 Å². The van der Waals surface area contributed by atoms with Crippen molar-refractivity contribution in [2.75, 3.05) is 7.11 Å². The minimum Gasteiger partial charge on any atom is -0.497 e. The Morgan fingerprint density at radius 2 is 2.00 bits per heavy atom. The van der Waals surface area contributed by atoms with E-state index in [0.29, 0.717) is 6.42 Å². The monoisotopic (exact) mass is 238 g/mol. The molecule has 0 fully saturated rings. The summed E-state index contributed by atoms with van der Waals surface area (Å²) in [7, 11) is 1.64. The van der Waals surface area contributed by atoms with Crippen LogP contribution in [0.15, 0.2) is 48.7 Å². The van der Waals surface area contributed by atoms with Crippen molar-refractivity contribution in [2.45, 2.75) is 12.3 Å². The molecule has 18 heavy (non-hydrogen) atoms. The fraction of sp³-hybridized carbons (Fsp3) is 0.200. The van der Waals surface area contributed by atoms with E-state index >= 15 is 0 Å². The van der Waals surface area contributed by atoms with Gasteiger partial charge in [-0.1, -0.05) is 18.2 Å². The first-order valence-electron chi connectivity index (χ1n) is 5.77. The van der Waals surface area contributed by atoms with Crippen molar-refractivity contribution in [1.29, 1.82) is 5.26 Å². The molecule has 0 bridgehead atoms. The van der Waals surface area contributed by atoms with Crippen molar-refractivity contribution in [3.05, 3.63) is 59.9 Å². The standard InChI is InChI=1S/C15H14N2O/c1-18-13-7-5-12(6-8-13)14(9-10-16)15-4-2-3-11-17-15/h2-8,11,14H,9H2,1H3/t14-/m1/s1. The fourth-order valence-electron chi connectivity index (χ4n) is 1.90. The van der Waals surface area contributed by atoms with E-state index in [4.69, 9.17) is 10.00 Å². The third-order valence-corrected chi connectivity index (χ3v) is 2.86. The molecule has 0 aliphatic carbocycles. The van der Waals surface area contributed by atoms with Crippen LogP contribution in [0.4, 0.5) is 0 Å². The fourth-order valence-corrected chi connectivity index (χ4v) is 1.90. The van der Waals surface area contributed by atoms with Gasteiger partial charge in [-0.25, -0.2) is 0 Å². The summed E-state index contributed by atoms with van der Waals surface area (Å²) in [6, 6.07) is 15.8. The maximum absolute atomic E-state index is 8.96. The Morgan fingerprint density at radius 1 is 1.22 bits per heavy atom. The van der Waals surface area contributed by atoms with E-state index in [1.165, 1.54) is 0 Å². The zero-order valence-electron chi connectivity index (χ0n) is 10.2. The number of benzene rings is 1. The van der Waals surface area contributed by atoms with Crippen LogP contribution >= 0.6 is 0 Å². The second-order valence-electron chi connectivity index (χ2n) is 3.94. The number of ether oxygens (including phenoxy) is 1. The van der Waals surface area contributed by atoms with Gasteiger partial charge in [0.2, 0.25) is 0 Å². The Balaban J connectivity index is 2.33. The van der Waals surface area contributed by atoms with Gasteiger partial charge in [0.15, 0.2) is 0 Å². The lowest BCUT2D eigenvalue weighted by Gasteiger charge is -2.13. The molecule has 1 aromatic carbocycles. The smallest absolute Gasteiger partial charge is 0.118 e. The van der Waals surface area contributed by atoms with E-state index in [9.17, 15) is 0 Å². The van der Waals surface area contributed by atoms with Crippen molar-refractivity contribution in [3.63, 3.8) is 0 Å². The molecule has 2 rings (SSSR count). The molecular weight excluding hydrogens is 224 g/mol. The Labute approximate surface area is 107 Å². The number of hydrogen-bond donors (Lipinski definition) is 0. The highest BCUT2D eigenvalue weighted by Crippen LogP contribution is 2.27. The summed E-state index contributed by atoms with van der Waals surface area (Å²) in [4.78, 5) is 4.33. The average Bonchev–Trinajstić information content (AvgIpc) is 2.46. The molecule has 1 aromatic heterocycles. The zero-order valence-corrected chi connectivity index (χ0v) is 10.2. The molecule has 0 amide bonds. The van der Waals surface area contributed by atoms with Crippen LogP contribution in [0.25, 0.3) is 0 Å². The number of aromatic nitrogens is 1. The van der Waals surface area contributed by atoms with Crippen LogP contribution in [-0.4, -0.2) is 12.1 Å². The maximum Gasteiger partial charge on any atom is 0.118 e. The van der Waals surface area contributed by atoms with Gasteiger partial charge in [-0.3, -0.25) is 4.98 Å². The molecule has 0 aliphatic heterocycles. The van der Waals surface area contributed by atoms with Crippen molar-refractivity contribution >= 4 is 0 Å². The quantitative estimate of drug-likeness (QED) is 0.822. The zero-order chi connectivity index (χ0) is 12.8. The minimum absolute atomic E-state index is 0.0158. The van der Waals surface area contributed by atoms with Gasteiger partial charge >= 0.3 is 0 Å². The van der Waals surface area contributed by atoms with Gasteiger partial charge in [-0.15, -0.1) is 0 Å². The Morgan fingerprint density at radius 3 is 2.56 bits per heavy atom. The first-order valence-corrected chi connectivity index (χ1v) is 5.77. The number of rotatable bonds is 4. The lowest BCUT2D eigenvalue weighted by atomic mass is 9.92. The van der Waals surface area contributed by atoms with Gasteiger partial charge in [-0.05, 0) is 29.8 Å². The largest absolute Gasteiger partial charge is 0.497 e. The van der Waals surface area contributed by atoms with Gasteiger partial charge in [0.1, 0.15) is 5.75 Å². The number of methoxy groups -OCH3 is 1. The molecule has 2 aromatic rings. The van der Waals surface area contributed by atoms with Crippen molar-refractivity contribution in [1.82, 2.24) is 4.98 Å². The van der Waals surface area contributed by atoms with Crippen molar-refractivity contribution in [3.8, 4) is 11.8 Å². The Kier molecular flexibility index (Phi) is 3.93. The SMILES string of the molecule is COc1ccc([C@@H](CC#N)c2ccccn2)cc1. The highest BCUT2D eigenvalue weighted by molar-refractivity contribution is 5.34. The van der Waals surface area contributed by atoms with E-state index < -0.39 is 0 Å². The van der Waals surface area contributed by atoms with Crippen LogP contribution in [0.3, 0.4) is 0 Å². The molecule has 1 atom stereocenters. The molecule has 0 radical (unpaired) electrons. The lowest BCUT2D eigenvalue weighted by molar-refractivity contribution is 0.414. The first kappa shape index (κ1) is 12.1. The van der Waals surface area contributed by atoms with Crippen molar-refractivity contribution < 1.29 is 4.74 Å². The van der Waals surface area contributed by atoms with Gasteiger partial charge in [0, 0.05) is 24.2 Å². The highest BCUT2D eigenvalue weighted by Gasteiger charge is 2.14. The normalized spacial score (nSPS) is 11.6. The highest BCUT2D eigenvalue weighted by atomic mass is 16.5. The molecule has 3 nitrogen and oxygen atoms in total. The van der Waals surface area contributed by atoms with E-state index in [-0.39, 0.29) is 5.92 Å². The Hall–Kier alpha value is -2.34. The molecule has 3 heteroatoms. The summed E-state index contributed by atoms with van der Waals surface area (Å²) in [5, 5.41) is 8.96. The molecule has 0 saturated heterocycles. The predicted molar refractivity (Wildman–Crippen MR) is 69.3 cm³/mol. The van der Waals surface area contributed by atoms with E-state index in [1.807, 2.05) is 42.5 Å². The molecule has 0 saturated carbocycles. The topological polar surface area (TPSA) is 45.9 Å². The summed E-state index contributed by atoms with van der Waals surface area (Å²) >= 11 is 0. The van der Waals surface area contributed by atoms with Crippen LogP contribution < -0.4 is 4.74 Å².